The van der Waals surface area contributed by atoms with Crippen molar-refractivity contribution in [3.63, 3.8) is 0 Å². The molecule has 0 amide bonds. The normalized spacial score (nSPS) is 19.4. The van der Waals surface area contributed by atoms with E-state index in [4.69, 9.17) is 0 Å². The fourth-order valence-corrected chi connectivity index (χ4v) is 3.78. The Morgan fingerprint density at radius 2 is 2.05 bits per heavy atom. The zero-order chi connectivity index (χ0) is 13.1. The van der Waals surface area contributed by atoms with E-state index in [-0.39, 0.29) is 0 Å². The molecule has 1 aliphatic carbocycles. The molecule has 3 rings (SSSR count). The van der Waals surface area contributed by atoms with Gasteiger partial charge in [0.25, 0.3) is 0 Å². The van der Waals surface area contributed by atoms with Crippen LogP contribution in [-0.2, 0) is 0 Å². The molecule has 2 nitrogen and oxygen atoms in total. The Morgan fingerprint density at radius 3 is 2.84 bits per heavy atom. The maximum absolute atomic E-state index is 4.54. The lowest BCUT2D eigenvalue weighted by atomic mass is 10.1. The summed E-state index contributed by atoms with van der Waals surface area (Å²) in [4.78, 5) is 4.54. The van der Waals surface area contributed by atoms with E-state index in [0.717, 1.165) is 5.52 Å². The van der Waals surface area contributed by atoms with Crippen molar-refractivity contribution in [2.24, 2.45) is 0 Å². The summed E-state index contributed by atoms with van der Waals surface area (Å²) >= 11 is 1.78. The lowest BCUT2D eigenvalue weighted by Gasteiger charge is -2.22. The SMILES string of the molecule is CC(NC1CCCCCC1)c1cnc2ccsc2c1. The van der Waals surface area contributed by atoms with Crippen LogP contribution >= 0.6 is 11.3 Å². The minimum Gasteiger partial charge on any atom is -0.307 e. The first-order valence-corrected chi connectivity index (χ1v) is 8.30. The van der Waals surface area contributed by atoms with Crippen LogP contribution in [0.4, 0.5) is 0 Å². The average Bonchev–Trinajstić information content (AvgIpc) is 2.75. The summed E-state index contributed by atoms with van der Waals surface area (Å²) in [6, 6.07) is 5.48. The van der Waals surface area contributed by atoms with Crippen LogP contribution in [-0.4, -0.2) is 11.0 Å². The Bertz CT molecular complexity index is 526. The molecule has 102 valence electrons. The molecule has 1 saturated carbocycles. The van der Waals surface area contributed by atoms with Crippen molar-refractivity contribution in [2.45, 2.75) is 57.5 Å². The van der Waals surface area contributed by atoms with Gasteiger partial charge in [-0.15, -0.1) is 11.3 Å². The maximum atomic E-state index is 4.54. The smallest absolute Gasteiger partial charge is 0.0809 e. The molecule has 2 heterocycles. The highest BCUT2D eigenvalue weighted by molar-refractivity contribution is 7.17. The van der Waals surface area contributed by atoms with Crippen molar-refractivity contribution in [1.82, 2.24) is 10.3 Å². The summed E-state index contributed by atoms with van der Waals surface area (Å²) in [6.07, 6.45) is 10.3. The van der Waals surface area contributed by atoms with Gasteiger partial charge in [-0.05, 0) is 42.8 Å². The van der Waals surface area contributed by atoms with Crippen LogP contribution in [0.25, 0.3) is 10.2 Å². The van der Waals surface area contributed by atoms with Crippen molar-refractivity contribution >= 4 is 21.6 Å². The molecule has 19 heavy (non-hydrogen) atoms. The number of nitrogens with zero attached hydrogens (tertiary/aromatic N) is 1. The highest BCUT2D eigenvalue weighted by Crippen LogP contribution is 2.24. The monoisotopic (exact) mass is 274 g/mol. The highest BCUT2D eigenvalue weighted by atomic mass is 32.1. The molecule has 0 bridgehead atoms. The van der Waals surface area contributed by atoms with Gasteiger partial charge in [0.15, 0.2) is 0 Å². The van der Waals surface area contributed by atoms with E-state index in [1.807, 2.05) is 6.20 Å². The summed E-state index contributed by atoms with van der Waals surface area (Å²) in [5.74, 6) is 0. The number of aromatic nitrogens is 1. The number of nitrogens with one attached hydrogen (secondary N) is 1. The van der Waals surface area contributed by atoms with E-state index in [1.54, 1.807) is 11.3 Å². The van der Waals surface area contributed by atoms with E-state index >= 15 is 0 Å². The summed E-state index contributed by atoms with van der Waals surface area (Å²) in [5.41, 5.74) is 2.44. The van der Waals surface area contributed by atoms with Gasteiger partial charge in [-0.25, -0.2) is 0 Å². The van der Waals surface area contributed by atoms with Gasteiger partial charge in [0.2, 0.25) is 0 Å². The van der Waals surface area contributed by atoms with Crippen molar-refractivity contribution in [3.05, 3.63) is 29.3 Å². The van der Waals surface area contributed by atoms with Crippen molar-refractivity contribution < 1.29 is 0 Å². The Morgan fingerprint density at radius 1 is 1.26 bits per heavy atom. The van der Waals surface area contributed by atoms with Crippen molar-refractivity contribution in [2.75, 3.05) is 0 Å². The number of hydrogen-bond acceptors (Lipinski definition) is 3. The van der Waals surface area contributed by atoms with Crippen LogP contribution in [0, 0.1) is 0 Å². The molecular weight excluding hydrogens is 252 g/mol. The van der Waals surface area contributed by atoms with Crippen LogP contribution in [0.1, 0.15) is 57.1 Å². The van der Waals surface area contributed by atoms with E-state index < -0.39 is 0 Å². The standard InChI is InChI=1S/C16H22N2S/c1-12(18-14-6-4-2-3-5-7-14)13-10-16-15(17-11-13)8-9-19-16/h8-12,14,18H,2-7H2,1H3. The molecule has 3 heteroatoms. The highest BCUT2D eigenvalue weighted by Gasteiger charge is 2.15. The van der Waals surface area contributed by atoms with Crippen molar-refractivity contribution in [3.8, 4) is 0 Å². The third-order valence-electron chi connectivity index (χ3n) is 4.16. The number of hydrogen-bond donors (Lipinski definition) is 1. The molecule has 0 spiro atoms. The molecule has 1 N–H and O–H groups in total. The lowest BCUT2D eigenvalue weighted by Crippen LogP contribution is -2.31. The molecule has 2 aromatic heterocycles. The number of thiophene rings is 1. The van der Waals surface area contributed by atoms with Crippen molar-refractivity contribution in [1.29, 1.82) is 0 Å². The largest absolute Gasteiger partial charge is 0.307 e. The second kappa shape index (κ2) is 6.02. The summed E-state index contributed by atoms with van der Waals surface area (Å²) in [6.45, 7) is 2.27. The molecule has 0 aromatic carbocycles. The summed E-state index contributed by atoms with van der Waals surface area (Å²) in [5, 5.41) is 5.91. The van der Waals surface area contributed by atoms with Gasteiger partial charge in [-0.3, -0.25) is 4.98 Å². The average molecular weight is 274 g/mol. The van der Waals surface area contributed by atoms with E-state index in [1.165, 1.54) is 48.8 Å². The molecule has 2 aromatic rings. The van der Waals surface area contributed by atoms with E-state index in [0.29, 0.717) is 12.1 Å². The predicted octanol–water partition coefficient (Wildman–Crippen LogP) is 4.67. The molecule has 1 atom stereocenters. The van der Waals surface area contributed by atoms with Gasteiger partial charge >= 0.3 is 0 Å². The van der Waals surface area contributed by atoms with Gasteiger partial charge in [0, 0.05) is 18.3 Å². The first-order chi connectivity index (χ1) is 9.33. The fraction of sp³-hybridized carbons (Fsp3) is 0.562. The van der Waals surface area contributed by atoms with Gasteiger partial charge in [0.1, 0.15) is 0 Å². The molecule has 1 unspecified atom stereocenters. The quantitative estimate of drug-likeness (QED) is 0.823. The van der Waals surface area contributed by atoms with Gasteiger partial charge in [-0.2, -0.15) is 0 Å². The van der Waals surface area contributed by atoms with Crippen LogP contribution in [0.5, 0.6) is 0 Å². The Balaban J connectivity index is 1.69. The zero-order valence-corrected chi connectivity index (χ0v) is 12.4. The molecule has 1 aliphatic rings. The molecular formula is C16H22N2S. The third kappa shape index (κ3) is 3.15. The first kappa shape index (κ1) is 13.1. The molecule has 1 fully saturated rings. The Kier molecular flexibility index (Phi) is 4.14. The topological polar surface area (TPSA) is 24.9 Å². The fourth-order valence-electron chi connectivity index (χ4n) is 2.99. The Labute approximate surface area is 119 Å². The number of rotatable bonds is 3. The van der Waals surface area contributed by atoms with Gasteiger partial charge in [0.05, 0.1) is 10.2 Å². The van der Waals surface area contributed by atoms with Crippen LogP contribution in [0.3, 0.4) is 0 Å². The summed E-state index contributed by atoms with van der Waals surface area (Å²) in [7, 11) is 0. The maximum Gasteiger partial charge on any atom is 0.0809 e. The minimum atomic E-state index is 0.405. The van der Waals surface area contributed by atoms with E-state index in [2.05, 4.69) is 34.7 Å². The molecule has 0 saturated heterocycles. The summed E-state index contributed by atoms with van der Waals surface area (Å²) < 4.78 is 1.30. The van der Waals surface area contributed by atoms with Crippen LogP contribution in [0.2, 0.25) is 0 Å². The second-order valence-corrected chi connectivity index (χ2v) is 6.60. The van der Waals surface area contributed by atoms with Crippen LogP contribution < -0.4 is 5.32 Å². The first-order valence-electron chi connectivity index (χ1n) is 7.42. The minimum absolute atomic E-state index is 0.405. The van der Waals surface area contributed by atoms with E-state index in [9.17, 15) is 0 Å². The van der Waals surface area contributed by atoms with Gasteiger partial charge < -0.3 is 5.32 Å². The lowest BCUT2D eigenvalue weighted by molar-refractivity contribution is 0.414. The van der Waals surface area contributed by atoms with Crippen LogP contribution in [0.15, 0.2) is 23.7 Å². The number of fused-ring (bicyclic) bond motifs is 1. The Hall–Kier alpha value is -0.930. The zero-order valence-electron chi connectivity index (χ0n) is 11.6. The predicted molar refractivity (Wildman–Crippen MR) is 82.7 cm³/mol. The third-order valence-corrected chi connectivity index (χ3v) is 5.02. The molecule has 0 radical (unpaired) electrons. The second-order valence-electron chi connectivity index (χ2n) is 5.65. The molecule has 0 aliphatic heterocycles. The van der Waals surface area contributed by atoms with Gasteiger partial charge in [-0.1, -0.05) is 25.7 Å². The number of pyridine rings is 1.